The highest BCUT2D eigenvalue weighted by Crippen LogP contribution is 2.51. The molecule has 0 aliphatic heterocycles. The second-order valence-corrected chi connectivity index (χ2v) is 15.5. The predicted octanol–water partition coefficient (Wildman–Crippen LogP) is 16.4. The van der Waals surface area contributed by atoms with Crippen molar-refractivity contribution in [2.45, 2.75) is 0 Å². The SMILES string of the molecule is c1ccc(-c2ccc3c(ccc4c5ccccc5ccc34)c2-c2ccc3ccccc3c2-c2c(-c3ccccc3)ccc3c2ccc2c4ccccc4ccc32)cc1. The Morgan fingerprint density at radius 1 is 0.155 bits per heavy atom. The van der Waals surface area contributed by atoms with Gasteiger partial charge in [0.25, 0.3) is 0 Å². The van der Waals surface area contributed by atoms with Crippen LogP contribution in [0.3, 0.4) is 0 Å². The van der Waals surface area contributed by atoms with Gasteiger partial charge in [0.05, 0.1) is 0 Å². The number of hydrogen-bond donors (Lipinski definition) is 0. The van der Waals surface area contributed by atoms with Crippen LogP contribution in [0.5, 0.6) is 0 Å². The summed E-state index contributed by atoms with van der Waals surface area (Å²) in [6, 6.07) is 81.1. The van der Waals surface area contributed by atoms with Gasteiger partial charge in [0, 0.05) is 0 Å². The summed E-state index contributed by atoms with van der Waals surface area (Å²) in [7, 11) is 0. The molecule has 0 saturated carbocycles. The molecule has 0 aromatic heterocycles. The molecule has 12 aromatic rings. The first kappa shape index (κ1) is 32.7. The van der Waals surface area contributed by atoms with Gasteiger partial charge >= 0.3 is 0 Å². The number of hydrogen-bond acceptors (Lipinski definition) is 0. The molecule has 0 fully saturated rings. The van der Waals surface area contributed by atoms with Gasteiger partial charge in [-0.3, -0.25) is 0 Å². The van der Waals surface area contributed by atoms with Crippen molar-refractivity contribution in [2.75, 3.05) is 0 Å². The fourth-order valence-corrected chi connectivity index (χ4v) is 9.83. The highest BCUT2D eigenvalue weighted by molar-refractivity contribution is 6.26. The average Bonchev–Trinajstić information content (AvgIpc) is 3.30. The Kier molecular flexibility index (Phi) is 7.33. The molecule has 268 valence electrons. The zero-order chi connectivity index (χ0) is 38.2. The first-order valence-corrected chi connectivity index (χ1v) is 20.2. The summed E-state index contributed by atoms with van der Waals surface area (Å²) < 4.78 is 0. The van der Waals surface area contributed by atoms with Gasteiger partial charge in [-0.1, -0.05) is 218 Å². The Morgan fingerprint density at radius 3 is 1.02 bits per heavy atom. The third kappa shape index (κ3) is 4.95. The summed E-state index contributed by atoms with van der Waals surface area (Å²) >= 11 is 0. The lowest BCUT2D eigenvalue weighted by atomic mass is 9.80. The quantitative estimate of drug-likeness (QED) is 0.158. The maximum atomic E-state index is 2.39. The van der Waals surface area contributed by atoms with E-state index in [2.05, 4.69) is 218 Å². The van der Waals surface area contributed by atoms with Crippen LogP contribution in [0, 0.1) is 0 Å². The van der Waals surface area contributed by atoms with Crippen molar-refractivity contribution in [3.63, 3.8) is 0 Å². The maximum Gasteiger partial charge on any atom is -0.00139 e. The standard InChI is InChI=1S/C58H36/c1-3-13-37(14-4-1)45-29-31-51-49-26-23-39-17-7-10-20-42(39)47(49)33-35-53(51)56(45)55-28-25-41-19-9-12-22-44(41)58(55)57-46(38-15-5-2-6-16-38)30-32-52-50-27-24-40-18-8-11-21-43(40)48(50)34-36-54(52)57/h1-36H. The van der Waals surface area contributed by atoms with E-state index in [1.54, 1.807) is 0 Å². The van der Waals surface area contributed by atoms with Gasteiger partial charge in [-0.25, -0.2) is 0 Å². The lowest BCUT2D eigenvalue weighted by molar-refractivity contribution is 1.60. The first-order chi connectivity index (χ1) is 28.8. The van der Waals surface area contributed by atoms with Gasteiger partial charge in [-0.2, -0.15) is 0 Å². The molecule has 0 N–H and O–H groups in total. The van der Waals surface area contributed by atoms with Crippen molar-refractivity contribution in [3.8, 4) is 44.5 Å². The zero-order valence-corrected chi connectivity index (χ0v) is 31.8. The molecule has 0 unspecified atom stereocenters. The first-order valence-electron chi connectivity index (χ1n) is 20.2. The largest absolute Gasteiger partial charge is 0.0622 e. The molecule has 0 amide bonds. The van der Waals surface area contributed by atoms with Crippen LogP contribution in [0.4, 0.5) is 0 Å². The van der Waals surface area contributed by atoms with Crippen LogP contribution in [0.25, 0.3) is 120 Å². The van der Waals surface area contributed by atoms with Gasteiger partial charge in [0.1, 0.15) is 0 Å². The highest BCUT2D eigenvalue weighted by atomic mass is 14.3. The molecule has 58 heavy (non-hydrogen) atoms. The van der Waals surface area contributed by atoms with Crippen molar-refractivity contribution in [3.05, 3.63) is 218 Å². The van der Waals surface area contributed by atoms with E-state index in [0.717, 1.165) is 0 Å². The van der Waals surface area contributed by atoms with Crippen LogP contribution in [-0.4, -0.2) is 0 Å². The molecular weight excluding hydrogens is 697 g/mol. The van der Waals surface area contributed by atoms with Gasteiger partial charge < -0.3 is 0 Å². The lowest BCUT2D eigenvalue weighted by Crippen LogP contribution is -1.96. The van der Waals surface area contributed by atoms with E-state index in [4.69, 9.17) is 0 Å². The number of rotatable bonds is 4. The van der Waals surface area contributed by atoms with Crippen LogP contribution < -0.4 is 0 Å². The van der Waals surface area contributed by atoms with Crippen LogP contribution in [0.15, 0.2) is 218 Å². The van der Waals surface area contributed by atoms with Crippen molar-refractivity contribution < 1.29 is 0 Å². The Labute approximate surface area is 336 Å². The van der Waals surface area contributed by atoms with E-state index in [1.165, 1.54) is 120 Å². The van der Waals surface area contributed by atoms with E-state index >= 15 is 0 Å². The summed E-state index contributed by atoms with van der Waals surface area (Å²) in [5.74, 6) is 0. The molecule has 0 heteroatoms. The molecule has 0 heterocycles. The molecule has 0 bridgehead atoms. The molecule has 0 aliphatic rings. The molecule has 0 radical (unpaired) electrons. The van der Waals surface area contributed by atoms with E-state index in [-0.39, 0.29) is 0 Å². The van der Waals surface area contributed by atoms with Gasteiger partial charge in [0.15, 0.2) is 0 Å². The van der Waals surface area contributed by atoms with Gasteiger partial charge in [-0.05, 0) is 120 Å². The molecular formula is C58H36. The topological polar surface area (TPSA) is 0 Å². The summed E-state index contributed by atoms with van der Waals surface area (Å²) in [5.41, 5.74) is 9.85. The zero-order valence-electron chi connectivity index (χ0n) is 31.8. The van der Waals surface area contributed by atoms with Crippen LogP contribution in [0.1, 0.15) is 0 Å². The molecule has 0 saturated heterocycles. The van der Waals surface area contributed by atoms with E-state index in [1.807, 2.05) is 0 Å². The minimum absolute atomic E-state index is 1.20. The molecule has 12 rings (SSSR count). The summed E-state index contributed by atoms with van der Waals surface area (Å²) in [4.78, 5) is 0. The summed E-state index contributed by atoms with van der Waals surface area (Å²) in [6.07, 6.45) is 0. The molecule has 0 aliphatic carbocycles. The average molecular weight is 733 g/mol. The lowest BCUT2D eigenvalue weighted by Gasteiger charge is -2.23. The Balaban J connectivity index is 1.27. The van der Waals surface area contributed by atoms with Gasteiger partial charge in [-0.15, -0.1) is 0 Å². The van der Waals surface area contributed by atoms with Crippen LogP contribution in [0.2, 0.25) is 0 Å². The third-order valence-electron chi connectivity index (χ3n) is 12.5. The Bertz CT molecular complexity index is 3600. The predicted molar refractivity (Wildman–Crippen MR) is 251 cm³/mol. The summed E-state index contributed by atoms with van der Waals surface area (Å²) in [6.45, 7) is 0. The fraction of sp³-hybridized carbons (Fsp3) is 0. The monoisotopic (exact) mass is 732 g/mol. The minimum Gasteiger partial charge on any atom is -0.0622 e. The maximum absolute atomic E-state index is 2.39. The molecule has 0 atom stereocenters. The van der Waals surface area contributed by atoms with E-state index < -0.39 is 0 Å². The van der Waals surface area contributed by atoms with Gasteiger partial charge in [0.2, 0.25) is 0 Å². The fourth-order valence-electron chi connectivity index (χ4n) is 9.83. The highest BCUT2D eigenvalue weighted by Gasteiger charge is 2.23. The van der Waals surface area contributed by atoms with Crippen molar-refractivity contribution in [1.29, 1.82) is 0 Å². The van der Waals surface area contributed by atoms with E-state index in [0.29, 0.717) is 0 Å². The van der Waals surface area contributed by atoms with Crippen molar-refractivity contribution in [1.82, 2.24) is 0 Å². The summed E-state index contributed by atoms with van der Waals surface area (Å²) in [5, 5.41) is 17.7. The minimum atomic E-state index is 1.20. The second-order valence-electron chi connectivity index (χ2n) is 15.5. The molecule has 0 nitrogen and oxygen atoms in total. The van der Waals surface area contributed by atoms with Crippen molar-refractivity contribution >= 4 is 75.4 Å². The number of fused-ring (bicyclic) bond motifs is 11. The van der Waals surface area contributed by atoms with Crippen LogP contribution in [-0.2, 0) is 0 Å². The molecule has 0 spiro atoms. The normalized spacial score (nSPS) is 11.8. The van der Waals surface area contributed by atoms with Crippen LogP contribution >= 0.6 is 0 Å². The Morgan fingerprint density at radius 2 is 0.466 bits per heavy atom. The van der Waals surface area contributed by atoms with Crippen molar-refractivity contribution in [2.24, 2.45) is 0 Å². The van der Waals surface area contributed by atoms with E-state index in [9.17, 15) is 0 Å². The number of benzene rings is 12. The third-order valence-corrected chi connectivity index (χ3v) is 12.5. The Hall–Kier alpha value is -7.54. The molecule has 12 aromatic carbocycles. The smallest absolute Gasteiger partial charge is 0.00139 e. The second kappa shape index (κ2) is 13.0.